The van der Waals surface area contributed by atoms with E-state index in [1.54, 1.807) is 51.1 Å². The van der Waals surface area contributed by atoms with Crippen molar-refractivity contribution in [2.75, 3.05) is 16.6 Å². The smallest absolute Gasteiger partial charge is 0.341 e. The Labute approximate surface area is 214 Å². The van der Waals surface area contributed by atoms with Gasteiger partial charge in [0.1, 0.15) is 5.56 Å². The van der Waals surface area contributed by atoms with Gasteiger partial charge in [-0.05, 0) is 75.7 Å². The number of anilines is 3. The molecule has 0 radical (unpaired) electrons. The molecule has 0 atom stereocenters. The maximum absolute atomic E-state index is 12.9. The Kier molecular flexibility index (Phi) is 7.09. The summed E-state index contributed by atoms with van der Waals surface area (Å²) in [6.07, 6.45) is 1.45. The quantitative estimate of drug-likeness (QED) is 0.310. The van der Waals surface area contributed by atoms with Gasteiger partial charge in [0, 0.05) is 33.7 Å². The van der Waals surface area contributed by atoms with E-state index in [-0.39, 0.29) is 23.0 Å². The molecule has 0 saturated carbocycles. The van der Waals surface area contributed by atoms with Gasteiger partial charge >= 0.3 is 5.97 Å². The molecule has 2 N–H and O–H groups in total. The molecule has 0 fully saturated rings. The van der Waals surface area contributed by atoms with Gasteiger partial charge in [-0.3, -0.25) is 4.98 Å². The van der Waals surface area contributed by atoms with Crippen molar-refractivity contribution in [2.24, 2.45) is 0 Å². The van der Waals surface area contributed by atoms with Crippen LogP contribution in [-0.2, 0) is 14.8 Å². The second kappa shape index (κ2) is 10.1. The third-order valence-corrected chi connectivity index (χ3v) is 6.83. The summed E-state index contributed by atoms with van der Waals surface area (Å²) in [5.74, 6) is -0.534. The molecule has 2 aromatic heterocycles. The molecule has 0 saturated heterocycles. The fourth-order valence-corrected chi connectivity index (χ4v) is 4.96. The minimum atomic E-state index is -3.92. The number of halogens is 1. The molecule has 0 aliphatic rings. The van der Waals surface area contributed by atoms with Crippen LogP contribution in [0.3, 0.4) is 0 Å². The molecule has 9 nitrogen and oxygen atoms in total. The van der Waals surface area contributed by atoms with Crippen molar-refractivity contribution in [3.05, 3.63) is 76.2 Å². The summed E-state index contributed by atoms with van der Waals surface area (Å²) in [6.45, 7) is 7.32. The van der Waals surface area contributed by atoms with Crippen molar-refractivity contribution in [1.29, 1.82) is 0 Å². The van der Waals surface area contributed by atoms with E-state index < -0.39 is 16.0 Å². The molecule has 186 valence electrons. The van der Waals surface area contributed by atoms with Crippen molar-refractivity contribution < 1.29 is 17.9 Å². The van der Waals surface area contributed by atoms with Crippen molar-refractivity contribution in [3.8, 4) is 0 Å². The fourth-order valence-electron chi connectivity index (χ4n) is 3.75. The number of ether oxygens (including phenoxy) is 1. The zero-order valence-corrected chi connectivity index (χ0v) is 21.7. The van der Waals surface area contributed by atoms with Gasteiger partial charge in [0.25, 0.3) is 10.0 Å². The average molecular weight is 526 g/mol. The second-order valence-corrected chi connectivity index (χ2v) is 10.2. The van der Waals surface area contributed by atoms with Gasteiger partial charge in [-0.25, -0.2) is 27.9 Å². The number of aryl methyl sites for hydroxylation is 3. The van der Waals surface area contributed by atoms with Gasteiger partial charge in [-0.1, -0.05) is 11.6 Å². The third kappa shape index (κ3) is 5.39. The second-order valence-electron chi connectivity index (χ2n) is 8.12. The molecule has 0 spiro atoms. The van der Waals surface area contributed by atoms with Crippen molar-refractivity contribution in [2.45, 2.75) is 32.6 Å². The van der Waals surface area contributed by atoms with Crippen molar-refractivity contribution >= 4 is 55.8 Å². The van der Waals surface area contributed by atoms with E-state index in [2.05, 4.69) is 25.0 Å². The molecule has 0 amide bonds. The molecule has 4 rings (SSSR count). The highest BCUT2D eigenvalue weighted by atomic mass is 35.5. The first-order valence-electron chi connectivity index (χ1n) is 11.1. The largest absolute Gasteiger partial charge is 0.462 e. The predicted octanol–water partition coefficient (Wildman–Crippen LogP) is 5.32. The topological polar surface area (TPSA) is 123 Å². The number of nitrogens with one attached hydrogen (secondary N) is 2. The number of aromatic nitrogens is 3. The fraction of sp³-hybridized carbons (Fsp3) is 0.200. The Hall–Kier alpha value is -3.76. The summed E-state index contributed by atoms with van der Waals surface area (Å²) < 4.78 is 33.3. The highest BCUT2D eigenvalue weighted by molar-refractivity contribution is 7.92. The lowest BCUT2D eigenvalue weighted by Crippen LogP contribution is -2.15. The maximum atomic E-state index is 12.9. The number of carbonyl (C=O) groups is 1. The summed E-state index contributed by atoms with van der Waals surface area (Å²) in [7, 11) is -3.92. The van der Waals surface area contributed by atoms with Gasteiger partial charge in [0.05, 0.1) is 22.7 Å². The normalized spacial score (nSPS) is 11.4. The average Bonchev–Trinajstić information content (AvgIpc) is 2.79. The lowest BCUT2D eigenvalue weighted by atomic mass is 10.1. The number of nitrogens with zero attached hydrogens (tertiary/aromatic N) is 3. The number of hydrogen-bond donors (Lipinski definition) is 2. The summed E-state index contributed by atoms with van der Waals surface area (Å²) in [6, 6.07) is 11.3. The van der Waals surface area contributed by atoms with E-state index in [1.807, 2.05) is 6.92 Å². The molecule has 4 aromatic rings. The summed E-state index contributed by atoms with van der Waals surface area (Å²) >= 11 is 6.29. The third-order valence-electron chi connectivity index (χ3n) is 5.26. The molecule has 2 heterocycles. The standard InChI is InChI=1S/C25H24ClN5O4S/c1-5-35-24(32)21-13-27-22-14(2)10-17(26)12-20(22)23(21)30-18-6-8-19(9-7-18)36(33,34)31-25-28-15(3)11-16(4)29-25/h6-13H,5H2,1-4H3,(H,27,30)(H,28,29,31). The van der Waals surface area contributed by atoms with Crippen LogP contribution in [0.5, 0.6) is 0 Å². The van der Waals surface area contributed by atoms with Crippen LogP contribution < -0.4 is 10.0 Å². The molecule has 11 heteroatoms. The molecule has 0 unspecified atom stereocenters. The first-order valence-corrected chi connectivity index (χ1v) is 12.9. The van der Waals surface area contributed by atoms with E-state index in [4.69, 9.17) is 16.3 Å². The Balaban J connectivity index is 1.69. The number of carbonyl (C=O) groups excluding carboxylic acids is 1. The molecule has 0 aliphatic carbocycles. The SMILES string of the molecule is CCOC(=O)c1cnc2c(C)cc(Cl)cc2c1Nc1ccc(S(=O)(=O)Nc2nc(C)cc(C)n2)cc1. The monoisotopic (exact) mass is 525 g/mol. The molecular weight excluding hydrogens is 502 g/mol. The number of hydrogen-bond acceptors (Lipinski definition) is 8. The Bertz CT molecular complexity index is 1550. The van der Waals surface area contributed by atoms with Crippen LogP contribution in [0.25, 0.3) is 10.9 Å². The van der Waals surface area contributed by atoms with E-state index in [0.29, 0.717) is 38.7 Å². The van der Waals surface area contributed by atoms with E-state index in [1.165, 1.54) is 18.3 Å². The summed E-state index contributed by atoms with van der Waals surface area (Å²) in [4.78, 5) is 25.4. The molecule has 2 aromatic carbocycles. The van der Waals surface area contributed by atoms with Crippen LogP contribution in [-0.4, -0.2) is 35.9 Å². The zero-order valence-electron chi connectivity index (χ0n) is 20.1. The van der Waals surface area contributed by atoms with Crippen LogP contribution in [0.15, 0.2) is 53.6 Å². The number of fused-ring (bicyclic) bond motifs is 1. The van der Waals surface area contributed by atoms with Gasteiger partial charge < -0.3 is 10.1 Å². The number of sulfonamides is 1. The zero-order chi connectivity index (χ0) is 26.0. The van der Waals surface area contributed by atoms with Gasteiger partial charge in [-0.15, -0.1) is 0 Å². The predicted molar refractivity (Wildman–Crippen MR) is 139 cm³/mol. The maximum Gasteiger partial charge on any atom is 0.341 e. The first kappa shape index (κ1) is 25.3. The van der Waals surface area contributed by atoms with Crippen molar-refractivity contribution in [1.82, 2.24) is 15.0 Å². The number of esters is 1. The number of benzene rings is 2. The van der Waals surface area contributed by atoms with Gasteiger partial charge in [-0.2, -0.15) is 0 Å². The number of pyridine rings is 1. The molecule has 0 bridgehead atoms. The highest BCUT2D eigenvalue weighted by Gasteiger charge is 2.20. The van der Waals surface area contributed by atoms with Crippen molar-refractivity contribution in [3.63, 3.8) is 0 Å². The Morgan fingerprint density at radius 2 is 1.69 bits per heavy atom. The minimum absolute atomic E-state index is 0.00397. The van der Waals surface area contributed by atoms with E-state index in [9.17, 15) is 13.2 Å². The van der Waals surface area contributed by atoms with Gasteiger partial charge in [0.15, 0.2) is 0 Å². The van der Waals surface area contributed by atoms with E-state index in [0.717, 1.165) is 5.56 Å². The molecular formula is C25H24ClN5O4S. The number of rotatable bonds is 7. The van der Waals surface area contributed by atoms with Crippen LogP contribution in [0.1, 0.15) is 34.2 Å². The highest BCUT2D eigenvalue weighted by Crippen LogP contribution is 2.33. The van der Waals surface area contributed by atoms with Crippen LogP contribution >= 0.6 is 11.6 Å². The Morgan fingerprint density at radius 3 is 2.33 bits per heavy atom. The lowest BCUT2D eigenvalue weighted by Gasteiger charge is -2.16. The van der Waals surface area contributed by atoms with E-state index >= 15 is 0 Å². The molecule has 0 aliphatic heterocycles. The Morgan fingerprint density at radius 1 is 1.03 bits per heavy atom. The summed E-state index contributed by atoms with van der Waals surface area (Å²) in [5.41, 5.74) is 4.06. The minimum Gasteiger partial charge on any atom is -0.462 e. The molecule has 36 heavy (non-hydrogen) atoms. The summed E-state index contributed by atoms with van der Waals surface area (Å²) in [5, 5.41) is 4.34. The van der Waals surface area contributed by atoms with Crippen LogP contribution in [0, 0.1) is 20.8 Å². The van der Waals surface area contributed by atoms with Crippen LogP contribution in [0.4, 0.5) is 17.3 Å². The van der Waals surface area contributed by atoms with Gasteiger partial charge in [0.2, 0.25) is 5.95 Å². The lowest BCUT2D eigenvalue weighted by molar-refractivity contribution is 0.0527. The first-order chi connectivity index (χ1) is 17.1. The van der Waals surface area contributed by atoms with Crippen LogP contribution in [0.2, 0.25) is 5.02 Å².